The fourth-order valence-corrected chi connectivity index (χ4v) is 4.78. The molecule has 1 amide bonds. The van der Waals surface area contributed by atoms with Crippen molar-refractivity contribution in [3.05, 3.63) is 107 Å². The lowest BCUT2D eigenvalue weighted by molar-refractivity contribution is -0.160. The molecule has 3 aromatic carbocycles. The third kappa shape index (κ3) is 7.82. The van der Waals surface area contributed by atoms with E-state index in [2.05, 4.69) is 44.2 Å². The van der Waals surface area contributed by atoms with E-state index in [1.165, 1.54) is 5.56 Å². The maximum atomic E-state index is 13.0. The fraction of sp³-hybridized carbons (Fsp3) is 0.353. The van der Waals surface area contributed by atoms with Gasteiger partial charge in [0.1, 0.15) is 12.4 Å². The van der Waals surface area contributed by atoms with Gasteiger partial charge in [-0.1, -0.05) is 80.6 Å². The first-order valence-electron chi connectivity index (χ1n) is 13.8. The van der Waals surface area contributed by atoms with Gasteiger partial charge in [0.2, 0.25) is 5.91 Å². The molecule has 0 N–H and O–H groups in total. The van der Waals surface area contributed by atoms with Crippen molar-refractivity contribution in [2.24, 2.45) is 0 Å². The Bertz CT molecular complexity index is 1280. The van der Waals surface area contributed by atoms with Crippen LogP contribution in [-0.4, -0.2) is 35.5 Å². The van der Waals surface area contributed by atoms with E-state index in [9.17, 15) is 9.59 Å². The first-order valence-corrected chi connectivity index (χ1v) is 13.8. The second-order valence-electron chi connectivity index (χ2n) is 11.0. The van der Waals surface area contributed by atoms with E-state index in [-0.39, 0.29) is 18.4 Å². The van der Waals surface area contributed by atoms with Gasteiger partial charge in [-0.2, -0.15) is 0 Å². The number of benzene rings is 3. The summed E-state index contributed by atoms with van der Waals surface area (Å²) >= 11 is 0. The molecule has 5 nitrogen and oxygen atoms in total. The summed E-state index contributed by atoms with van der Waals surface area (Å²) in [7, 11) is 0. The van der Waals surface area contributed by atoms with Crippen molar-refractivity contribution in [2.45, 2.75) is 64.6 Å². The fourth-order valence-electron chi connectivity index (χ4n) is 4.78. The van der Waals surface area contributed by atoms with Crippen molar-refractivity contribution < 1.29 is 19.1 Å². The quantitative estimate of drug-likeness (QED) is 0.220. The molecule has 4 rings (SSSR count). The minimum absolute atomic E-state index is 0.0299. The maximum absolute atomic E-state index is 13.0. The number of carbonyl (C=O) groups excluding carboxylic acids is 2. The lowest BCUT2D eigenvalue weighted by Crippen LogP contribution is -2.40. The van der Waals surface area contributed by atoms with E-state index in [0.29, 0.717) is 18.2 Å². The van der Waals surface area contributed by atoms with E-state index in [1.54, 1.807) is 19.9 Å². The molecule has 1 unspecified atom stereocenters. The number of piperidine rings is 1. The summed E-state index contributed by atoms with van der Waals surface area (Å²) in [6, 6.07) is 25.8. The highest BCUT2D eigenvalue weighted by atomic mass is 16.6. The Morgan fingerprint density at radius 2 is 1.74 bits per heavy atom. The molecular weight excluding hydrogens is 486 g/mol. The average Bonchev–Trinajstić information content (AvgIpc) is 2.95. The number of hydrogen-bond donors (Lipinski definition) is 0. The van der Waals surface area contributed by atoms with Crippen molar-refractivity contribution in [1.82, 2.24) is 4.90 Å². The second-order valence-corrected chi connectivity index (χ2v) is 11.0. The number of amides is 1. The molecule has 1 fully saturated rings. The van der Waals surface area contributed by atoms with Gasteiger partial charge < -0.3 is 14.4 Å². The highest BCUT2D eigenvalue weighted by Crippen LogP contribution is 2.31. The molecule has 1 atom stereocenters. The van der Waals surface area contributed by atoms with Gasteiger partial charge in [0.05, 0.1) is 0 Å². The Hall–Kier alpha value is -3.86. The molecule has 5 heteroatoms. The highest BCUT2D eigenvalue weighted by molar-refractivity contribution is 5.91. The lowest BCUT2D eigenvalue weighted by Gasteiger charge is -2.33. The molecule has 0 radical (unpaired) electrons. The molecule has 39 heavy (non-hydrogen) atoms. The molecule has 204 valence electrons. The van der Waals surface area contributed by atoms with Gasteiger partial charge in [0.25, 0.3) is 0 Å². The van der Waals surface area contributed by atoms with Crippen LogP contribution in [0.3, 0.4) is 0 Å². The van der Waals surface area contributed by atoms with Gasteiger partial charge >= 0.3 is 5.97 Å². The van der Waals surface area contributed by atoms with Gasteiger partial charge in [-0.05, 0) is 73.1 Å². The lowest BCUT2D eigenvalue weighted by atomic mass is 9.90. The Kier molecular flexibility index (Phi) is 9.23. The normalized spacial score (nSPS) is 15.9. The third-order valence-corrected chi connectivity index (χ3v) is 7.16. The molecule has 0 bridgehead atoms. The van der Waals surface area contributed by atoms with Crippen molar-refractivity contribution in [3.63, 3.8) is 0 Å². The molecule has 0 spiro atoms. The third-order valence-electron chi connectivity index (χ3n) is 7.16. The van der Waals surface area contributed by atoms with Crippen LogP contribution in [0.4, 0.5) is 0 Å². The Labute approximate surface area is 232 Å². The molecule has 1 saturated heterocycles. The molecule has 0 aliphatic carbocycles. The van der Waals surface area contributed by atoms with Crippen LogP contribution in [0.15, 0.2) is 84.9 Å². The summed E-state index contributed by atoms with van der Waals surface area (Å²) < 4.78 is 11.6. The summed E-state index contributed by atoms with van der Waals surface area (Å²) in [6.45, 7) is 9.39. The monoisotopic (exact) mass is 525 g/mol. The van der Waals surface area contributed by atoms with Crippen LogP contribution in [0.25, 0.3) is 6.08 Å². The summed E-state index contributed by atoms with van der Waals surface area (Å²) in [5, 5.41) is 0. The molecule has 1 aliphatic heterocycles. The number of rotatable bonds is 9. The zero-order valence-corrected chi connectivity index (χ0v) is 23.4. The first-order chi connectivity index (χ1) is 18.7. The van der Waals surface area contributed by atoms with E-state index in [4.69, 9.17) is 9.47 Å². The maximum Gasteiger partial charge on any atom is 0.350 e. The van der Waals surface area contributed by atoms with Crippen LogP contribution in [0, 0.1) is 0 Å². The summed E-state index contributed by atoms with van der Waals surface area (Å²) in [5.41, 5.74) is 3.21. The van der Waals surface area contributed by atoms with Crippen LogP contribution in [0.2, 0.25) is 0 Å². The van der Waals surface area contributed by atoms with Crippen molar-refractivity contribution in [2.75, 3.05) is 13.1 Å². The van der Waals surface area contributed by atoms with Gasteiger partial charge in [-0.25, -0.2) is 4.79 Å². The molecule has 3 aromatic rings. The number of esters is 1. The number of likely N-dealkylation sites (tertiary alicyclic amines) is 1. The molecule has 1 aliphatic rings. The van der Waals surface area contributed by atoms with Crippen LogP contribution in [-0.2, 0) is 20.9 Å². The Morgan fingerprint density at radius 3 is 2.46 bits per heavy atom. The van der Waals surface area contributed by atoms with E-state index < -0.39 is 11.6 Å². The van der Waals surface area contributed by atoms with Gasteiger partial charge in [0, 0.05) is 25.1 Å². The zero-order valence-electron chi connectivity index (χ0n) is 23.4. The predicted octanol–water partition coefficient (Wildman–Crippen LogP) is 7.13. The van der Waals surface area contributed by atoms with E-state index in [0.717, 1.165) is 36.1 Å². The first kappa shape index (κ1) is 28.2. The van der Waals surface area contributed by atoms with Crippen LogP contribution in [0.5, 0.6) is 5.75 Å². The van der Waals surface area contributed by atoms with Crippen LogP contribution in [0.1, 0.15) is 74.6 Å². The highest BCUT2D eigenvalue weighted by Gasteiger charge is 2.32. The molecule has 0 aromatic heterocycles. The van der Waals surface area contributed by atoms with Crippen molar-refractivity contribution >= 4 is 18.0 Å². The number of nitrogens with zero attached hydrogens (tertiary/aromatic N) is 1. The number of ether oxygens (including phenoxy) is 2. The average molecular weight is 526 g/mol. The van der Waals surface area contributed by atoms with E-state index in [1.807, 2.05) is 59.5 Å². The molecule has 0 saturated carbocycles. The van der Waals surface area contributed by atoms with Crippen LogP contribution >= 0.6 is 0 Å². The van der Waals surface area contributed by atoms with Gasteiger partial charge in [-0.15, -0.1) is 0 Å². The smallest absolute Gasteiger partial charge is 0.350 e. The van der Waals surface area contributed by atoms with Crippen molar-refractivity contribution in [1.29, 1.82) is 0 Å². The summed E-state index contributed by atoms with van der Waals surface area (Å²) in [6.07, 6.45) is 5.51. The Balaban J connectivity index is 1.35. The molecular formula is C34H39NO4. The van der Waals surface area contributed by atoms with Gasteiger partial charge in [0.15, 0.2) is 5.60 Å². The summed E-state index contributed by atoms with van der Waals surface area (Å²) in [4.78, 5) is 27.7. The molecule has 1 heterocycles. The largest absolute Gasteiger partial charge is 0.476 e. The minimum Gasteiger partial charge on any atom is -0.476 e. The van der Waals surface area contributed by atoms with Crippen LogP contribution < -0.4 is 4.74 Å². The second kappa shape index (κ2) is 12.8. The predicted molar refractivity (Wildman–Crippen MR) is 156 cm³/mol. The van der Waals surface area contributed by atoms with E-state index >= 15 is 0 Å². The number of hydrogen-bond acceptors (Lipinski definition) is 4. The zero-order chi connectivity index (χ0) is 27.8. The minimum atomic E-state index is -1.14. The standard InChI is InChI=1S/C34H39NO4/c1-25(2)28-18-15-26(16-19-28)17-20-32(36)35-21-9-13-30(23-35)29-12-8-14-31(22-29)39-34(3,4)33(37)38-24-27-10-6-5-7-11-27/h5-8,10-12,14-20,22,25,30H,9,13,21,23-24H2,1-4H3/b20-17+. The number of carbonyl (C=O) groups is 2. The Morgan fingerprint density at radius 1 is 1.00 bits per heavy atom. The van der Waals surface area contributed by atoms with Gasteiger partial charge in [-0.3, -0.25) is 4.79 Å². The topological polar surface area (TPSA) is 55.8 Å². The summed E-state index contributed by atoms with van der Waals surface area (Å²) in [5.74, 6) is 0.915. The SMILES string of the molecule is CC(C)c1ccc(/C=C/C(=O)N2CCCC(c3cccc(OC(C)(C)C(=O)OCc4ccccc4)c3)C2)cc1. The van der Waals surface area contributed by atoms with Crippen molar-refractivity contribution in [3.8, 4) is 5.75 Å².